The molecule has 0 unspecified atom stereocenters. The third-order valence-electron chi connectivity index (χ3n) is 5.34. The number of nitrogens with zero attached hydrogens (tertiary/aromatic N) is 4. The standard InChI is InChI=1S/C23H20N6O3/c1-29-20-17(10-9-15-8-5-11-24-19(15)20)32-13-16(23(29)31)25-22(30)21-26-18(27-28-21)12-14-6-3-2-4-7-14/h2-11,16H,12-13H2,1H3,(H,25,30)(H,26,27,28)/t16-/m0/s1. The summed E-state index contributed by atoms with van der Waals surface area (Å²) in [6.45, 7) is -0.0124. The van der Waals surface area contributed by atoms with E-state index in [1.54, 1.807) is 19.3 Å². The van der Waals surface area contributed by atoms with Crippen LogP contribution in [0.25, 0.3) is 10.9 Å². The molecule has 1 aliphatic rings. The lowest BCUT2D eigenvalue weighted by Gasteiger charge is -2.20. The molecule has 0 fully saturated rings. The monoisotopic (exact) mass is 428 g/mol. The van der Waals surface area contributed by atoms with Gasteiger partial charge in [0.05, 0.1) is 5.52 Å². The van der Waals surface area contributed by atoms with Crippen molar-refractivity contribution in [2.75, 3.05) is 18.6 Å². The van der Waals surface area contributed by atoms with Gasteiger partial charge in [-0.15, -0.1) is 5.10 Å². The fraction of sp³-hybridized carbons (Fsp3) is 0.174. The van der Waals surface area contributed by atoms with Crippen LogP contribution in [0.3, 0.4) is 0 Å². The van der Waals surface area contributed by atoms with Crippen molar-refractivity contribution in [2.45, 2.75) is 12.5 Å². The first kappa shape index (κ1) is 19.7. The van der Waals surface area contributed by atoms with Crippen LogP contribution in [0.15, 0.2) is 60.8 Å². The van der Waals surface area contributed by atoms with Crippen molar-refractivity contribution in [3.05, 3.63) is 78.0 Å². The van der Waals surface area contributed by atoms with Crippen LogP contribution in [0.1, 0.15) is 22.0 Å². The summed E-state index contributed by atoms with van der Waals surface area (Å²) in [4.78, 5) is 36.0. The van der Waals surface area contributed by atoms with E-state index in [0.29, 0.717) is 29.2 Å². The second kappa shape index (κ2) is 8.10. The minimum absolute atomic E-state index is 0.0124. The molecule has 0 saturated carbocycles. The molecule has 160 valence electrons. The van der Waals surface area contributed by atoms with Crippen LogP contribution in [0.2, 0.25) is 0 Å². The number of amides is 2. The number of anilines is 1. The largest absolute Gasteiger partial charge is 0.489 e. The van der Waals surface area contributed by atoms with Crippen LogP contribution in [-0.2, 0) is 11.2 Å². The number of ether oxygens (including phenoxy) is 1. The Bertz CT molecular complexity index is 1300. The second-order valence-corrected chi connectivity index (χ2v) is 7.49. The topological polar surface area (TPSA) is 113 Å². The number of aromatic nitrogens is 4. The van der Waals surface area contributed by atoms with Crippen LogP contribution in [0, 0.1) is 0 Å². The fourth-order valence-corrected chi connectivity index (χ4v) is 3.73. The predicted molar refractivity (Wildman–Crippen MR) is 118 cm³/mol. The fourth-order valence-electron chi connectivity index (χ4n) is 3.73. The Kier molecular flexibility index (Phi) is 4.98. The van der Waals surface area contributed by atoms with Crippen molar-refractivity contribution in [2.24, 2.45) is 0 Å². The lowest BCUT2D eigenvalue weighted by atomic mass is 10.1. The molecule has 0 bridgehead atoms. The molecule has 2 amide bonds. The van der Waals surface area contributed by atoms with E-state index in [1.165, 1.54) is 4.90 Å². The number of H-pyrrole nitrogens is 1. The van der Waals surface area contributed by atoms with Gasteiger partial charge in [-0.3, -0.25) is 19.7 Å². The number of rotatable bonds is 4. The van der Waals surface area contributed by atoms with Gasteiger partial charge in [-0.1, -0.05) is 36.4 Å². The number of carbonyl (C=O) groups is 2. The van der Waals surface area contributed by atoms with Gasteiger partial charge >= 0.3 is 0 Å². The maximum atomic E-state index is 13.1. The van der Waals surface area contributed by atoms with Gasteiger partial charge in [0.1, 0.15) is 29.9 Å². The maximum absolute atomic E-state index is 13.1. The van der Waals surface area contributed by atoms with E-state index in [1.807, 2.05) is 48.5 Å². The molecule has 9 nitrogen and oxygen atoms in total. The quantitative estimate of drug-likeness (QED) is 0.515. The summed E-state index contributed by atoms with van der Waals surface area (Å²) in [5.74, 6) is 0.208. The first-order valence-corrected chi connectivity index (χ1v) is 10.1. The van der Waals surface area contributed by atoms with Gasteiger partial charge in [-0.05, 0) is 23.8 Å². The van der Waals surface area contributed by atoms with Crippen molar-refractivity contribution in [1.82, 2.24) is 25.5 Å². The lowest BCUT2D eigenvalue weighted by Crippen LogP contribution is -2.49. The summed E-state index contributed by atoms with van der Waals surface area (Å²) < 4.78 is 5.87. The number of carbonyl (C=O) groups excluding carboxylic acids is 2. The van der Waals surface area contributed by atoms with E-state index in [4.69, 9.17) is 4.74 Å². The first-order chi connectivity index (χ1) is 15.6. The number of aromatic amines is 1. The summed E-state index contributed by atoms with van der Waals surface area (Å²) in [5.41, 5.74) is 2.28. The molecular weight excluding hydrogens is 408 g/mol. The van der Waals surface area contributed by atoms with Gasteiger partial charge in [-0.2, -0.15) is 0 Å². The first-order valence-electron chi connectivity index (χ1n) is 10.1. The van der Waals surface area contributed by atoms with Crippen molar-refractivity contribution in [3.63, 3.8) is 0 Å². The van der Waals surface area contributed by atoms with E-state index < -0.39 is 11.9 Å². The van der Waals surface area contributed by atoms with Gasteiger partial charge in [0.25, 0.3) is 11.8 Å². The minimum atomic E-state index is -0.894. The molecule has 32 heavy (non-hydrogen) atoms. The average molecular weight is 428 g/mol. The molecule has 1 atom stereocenters. The number of pyridine rings is 1. The highest BCUT2D eigenvalue weighted by atomic mass is 16.5. The Hall–Kier alpha value is -4.27. The van der Waals surface area contributed by atoms with Crippen molar-refractivity contribution in [1.29, 1.82) is 0 Å². The van der Waals surface area contributed by atoms with Gasteiger partial charge in [0.2, 0.25) is 5.82 Å². The average Bonchev–Trinajstić information content (AvgIpc) is 3.25. The molecule has 0 aliphatic carbocycles. The highest BCUT2D eigenvalue weighted by molar-refractivity contribution is 6.08. The zero-order valence-electron chi connectivity index (χ0n) is 17.3. The third kappa shape index (κ3) is 3.64. The lowest BCUT2D eigenvalue weighted by molar-refractivity contribution is -0.120. The van der Waals surface area contributed by atoms with Gasteiger partial charge in [-0.25, -0.2) is 4.98 Å². The Morgan fingerprint density at radius 3 is 2.88 bits per heavy atom. The van der Waals surface area contributed by atoms with Crippen molar-refractivity contribution >= 4 is 28.4 Å². The predicted octanol–water partition coefficient (Wildman–Crippen LogP) is 2.10. The van der Waals surface area contributed by atoms with Gasteiger partial charge in [0.15, 0.2) is 0 Å². The van der Waals surface area contributed by atoms with Gasteiger partial charge < -0.3 is 15.0 Å². The summed E-state index contributed by atoms with van der Waals surface area (Å²) in [6.07, 6.45) is 2.19. The maximum Gasteiger partial charge on any atom is 0.291 e. The van der Waals surface area contributed by atoms with Gasteiger partial charge in [0, 0.05) is 25.1 Å². The van der Waals surface area contributed by atoms with Crippen LogP contribution in [-0.4, -0.2) is 51.7 Å². The van der Waals surface area contributed by atoms with E-state index in [0.717, 1.165) is 10.9 Å². The molecule has 2 aromatic heterocycles. The zero-order chi connectivity index (χ0) is 22.1. The van der Waals surface area contributed by atoms with E-state index >= 15 is 0 Å². The highest BCUT2D eigenvalue weighted by Gasteiger charge is 2.33. The van der Waals surface area contributed by atoms with Crippen LogP contribution >= 0.6 is 0 Å². The van der Waals surface area contributed by atoms with E-state index in [9.17, 15) is 9.59 Å². The van der Waals surface area contributed by atoms with Crippen LogP contribution in [0.5, 0.6) is 5.75 Å². The van der Waals surface area contributed by atoms with Crippen molar-refractivity contribution < 1.29 is 14.3 Å². The Labute approximate surface area is 183 Å². The molecule has 0 spiro atoms. The molecule has 4 aromatic rings. The summed E-state index contributed by atoms with van der Waals surface area (Å²) >= 11 is 0. The SMILES string of the molecule is CN1C(=O)[C@@H](NC(=O)c2n[nH]c(Cc3ccccc3)n2)COc2ccc3cccnc3c21. The summed E-state index contributed by atoms with van der Waals surface area (Å²) in [7, 11) is 1.65. The Morgan fingerprint density at radius 2 is 2.03 bits per heavy atom. The molecule has 2 N–H and O–H groups in total. The number of fused-ring (bicyclic) bond motifs is 3. The smallest absolute Gasteiger partial charge is 0.291 e. The Balaban J connectivity index is 1.33. The summed E-state index contributed by atoms with van der Waals surface area (Å²) in [5, 5.41) is 10.4. The molecule has 9 heteroatoms. The van der Waals surface area contributed by atoms with E-state index in [2.05, 4.69) is 25.5 Å². The zero-order valence-corrected chi connectivity index (χ0v) is 17.3. The van der Waals surface area contributed by atoms with Crippen LogP contribution < -0.4 is 15.0 Å². The molecule has 1 aliphatic heterocycles. The molecule has 3 heterocycles. The minimum Gasteiger partial charge on any atom is -0.489 e. The number of nitrogens with one attached hydrogen (secondary N) is 2. The number of benzene rings is 2. The van der Waals surface area contributed by atoms with E-state index in [-0.39, 0.29) is 18.3 Å². The van der Waals surface area contributed by atoms with Crippen LogP contribution in [0.4, 0.5) is 5.69 Å². The molecule has 0 saturated heterocycles. The number of likely N-dealkylation sites (N-methyl/N-ethyl adjacent to an activating group) is 1. The second-order valence-electron chi connectivity index (χ2n) is 7.49. The van der Waals surface area contributed by atoms with Crippen molar-refractivity contribution in [3.8, 4) is 5.75 Å². The Morgan fingerprint density at radius 1 is 1.19 bits per heavy atom. The number of hydrogen-bond donors (Lipinski definition) is 2. The number of hydrogen-bond acceptors (Lipinski definition) is 6. The molecule has 5 rings (SSSR count). The molecule has 2 aromatic carbocycles. The summed E-state index contributed by atoms with van der Waals surface area (Å²) in [6, 6.07) is 16.3. The third-order valence-corrected chi connectivity index (χ3v) is 5.34. The molecule has 0 radical (unpaired) electrons. The molecular formula is C23H20N6O3. The normalized spacial score (nSPS) is 15.7. The highest BCUT2D eigenvalue weighted by Crippen LogP contribution is 2.36.